The topological polar surface area (TPSA) is 133 Å². The highest BCUT2D eigenvalue weighted by Crippen LogP contribution is 2.35. The highest BCUT2D eigenvalue weighted by atomic mass is 32.2. The van der Waals surface area contributed by atoms with Crippen LogP contribution in [0.25, 0.3) is 5.65 Å². The summed E-state index contributed by atoms with van der Waals surface area (Å²) in [6, 6.07) is 2.19. The van der Waals surface area contributed by atoms with Crippen molar-refractivity contribution in [3.05, 3.63) is 35.9 Å². The first-order valence-electron chi connectivity index (χ1n) is 13.3. The molecular formula is C25H32FN7O5S. The van der Waals surface area contributed by atoms with Gasteiger partial charge in [-0.3, -0.25) is 13.7 Å². The van der Waals surface area contributed by atoms with Crippen LogP contribution in [-0.2, 0) is 19.0 Å². The van der Waals surface area contributed by atoms with Crippen LogP contribution in [0.15, 0.2) is 24.7 Å². The number of halogens is 1. The third-order valence-electron chi connectivity index (χ3n) is 7.89. The molecule has 3 aromatic heterocycles. The third-order valence-corrected chi connectivity index (χ3v) is 8.45. The summed E-state index contributed by atoms with van der Waals surface area (Å²) in [5.41, 5.74) is 1.17. The summed E-state index contributed by atoms with van der Waals surface area (Å²) < 4.78 is 51.0. The second-order valence-electron chi connectivity index (χ2n) is 10.8. The van der Waals surface area contributed by atoms with Crippen LogP contribution in [0.1, 0.15) is 67.3 Å². The Bertz CT molecular complexity index is 1480. The molecule has 39 heavy (non-hydrogen) atoms. The molecule has 1 aliphatic carbocycles. The van der Waals surface area contributed by atoms with Crippen LogP contribution in [-0.4, -0.2) is 76.9 Å². The number of carbonyl (C=O) groups is 1. The zero-order valence-electron chi connectivity index (χ0n) is 21.9. The summed E-state index contributed by atoms with van der Waals surface area (Å²) in [5, 5.41) is 11.6. The van der Waals surface area contributed by atoms with Crippen molar-refractivity contribution < 1.29 is 26.5 Å². The van der Waals surface area contributed by atoms with E-state index in [4.69, 9.17) is 13.9 Å². The Kier molecular flexibility index (Phi) is 6.79. The standard InChI is InChI=1S/C25H32FN7O5S/c1-15(26)23-21(12-33(30-23)17-5-3-16(4-6-17)13-38-39(2,35)36)28-25(34)20-10-27-32-8-7-22(29-24(20)32)31-11-19-9-18(31)14-37-19/h7-8,10,12,15-19H,3-6,9,11,13-14H2,1-2H3,(H,28,34)/t15?,16?,17?,18-,19-/m1/s1. The molecule has 6 rings (SSSR count). The Morgan fingerprint density at radius 3 is 2.74 bits per heavy atom. The van der Waals surface area contributed by atoms with Gasteiger partial charge in [-0.25, -0.2) is 13.9 Å². The predicted molar refractivity (Wildman–Crippen MR) is 140 cm³/mol. The van der Waals surface area contributed by atoms with E-state index in [1.165, 1.54) is 13.1 Å². The van der Waals surface area contributed by atoms with Gasteiger partial charge in [-0.1, -0.05) is 0 Å². The number of hydrogen-bond acceptors (Lipinski definition) is 9. The van der Waals surface area contributed by atoms with E-state index in [1.807, 2.05) is 6.07 Å². The molecule has 210 valence electrons. The zero-order valence-corrected chi connectivity index (χ0v) is 22.7. The maximum atomic E-state index is 14.5. The van der Waals surface area contributed by atoms with E-state index in [0.717, 1.165) is 50.7 Å². The summed E-state index contributed by atoms with van der Waals surface area (Å²) in [6.07, 6.45) is 8.80. The van der Waals surface area contributed by atoms with Crippen molar-refractivity contribution in [2.75, 3.05) is 36.2 Å². The molecule has 3 fully saturated rings. The summed E-state index contributed by atoms with van der Waals surface area (Å²) in [5.74, 6) is 0.474. The van der Waals surface area contributed by atoms with Gasteiger partial charge in [0.25, 0.3) is 16.0 Å². The number of hydrogen-bond donors (Lipinski definition) is 1. The van der Waals surface area contributed by atoms with Gasteiger partial charge in [0, 0.05) is 18.9 Å². The fourth-order valence-electron chi connectivity index (χ4n) is 5.83. The molecule has 0 aromatic carbocycles. The number of morpholine rings is 1. The van der Waals surface area contributed by atoms with E-state index in [9.17, 15) is 17.6 Å². The van der Waals surface area contributed by atoms with Crippen molar-refractivity contribution in [2.45, 2.75) is 63.4 Å². The van der Waals surface area contributed by atoms with Gasteiger partial charge in [0.15, 0.2) is 5.65 Å². The molecule has 1 saturated carbocycles. The number of rotatable bonds is 8. The van der Waals surface area contributed by atoms with E-state index < -0.39 is 22.2 Å². The van der Waals surface area contributed by atoms with Crippen LogP contribution in [0, 0.1) is 5.92 Å². The first-order valence-corrected chi connectivity index (χ1v) is 15.1. The second-order valence-corrected chi connectivity index (χ2v) is 12.4. The number of nitrogens with one attached hydrogen (secondary N) is 1. The Balaban J connectivity index is 1.17. The van der Waals surface area contributed by atoms with Crippen LogP contribution in [0.4, 0.5) is 15.9 Å². The lowest BCUT2D eigenvalue weighted by atomic mass is 9.87. The molecule has 0 spiro atoms. The van der Waals surface area contributed by atoms with Crippen molar-refractivity contribution in [3.8, 4) is 0 Å². The molecule has 1 N–H and O–H groups in total. The number of ether oxygens (including phenoxy) is 1. The molecule has 3 aromatic rings. The van der Waals surface area contributed by atoms with Gasteiger partial charge < -0.3 is 15.0 Å². The molecule has 0 radical (unpaired) electrons. The van der Waals surface area contributed by atoms with Crippen LogP contribution in [0.3, 0.4) is 0 Å². The van der Waals surface area contributed by atoms with E-state index in [2.05, 4.69) is 20.4 Å². The van der Waals surface area contributed by atoms with Crippen molar-refractivity contribution in [3.63, 3.8) is 0 Å². The van der Waals surface area contributed by atoms with E-state index in [1.54, 1.807) is 21.6 Å². The number of nitrogens with zero attached hydrogens (tertiary/aromatic N) is 6. The maximum Gasteiger partial charge on any atom is 0.264 e. The molecule has 3 atom stereocenters. The molecule has 3 aliphatic rings. The molecule has 2 bridgehead atoms. The molecular weight excluding hydrogens is 529 g/mol. The van der Waals surface area contributed by atoms with Gasteiger partial charge in [-0.15, -0.1) is 0 Å². The molecule has 2 saturated heterocycles. The van der Waals surface area contributed by atoms with Crippen molar-refractivity contribution >= 4 is 33.2 Å². The Labute approximate surface area is 225 Å². The first-order chi connectivity index (χ1) is 18.6. The largest absolute Gasteiger partial charge is 0.374 e. The molecule has 12 nitrogen and oxygen atoms in total. The minimum atomic E-state index is -3.47. The summed E-state index contributed by atoms with van der Waals surface area (Å²) >= 11 is 0. The van der Waals surface area contributed by atoms with Gasteiger partial charge in [0.05, 0.1) is 49.5 Å². The number of amides is 1. The predicted octanol–water partition coefficient (Wildman–Crippen LogP) is 2.89. The lowest BCUT2D eigenvalue weighted by Gasteiger charge is -2.28. The fourth-order valence-corrected chi connectivity index (χ4v) is 6.27. The van der Waals surface area contributed by atoms with E-state index in [0.29, 0.717) is 17.9 Å². The molecule has 5 heterocycles. The summed E-state index contributed by atoms with van der Waals surface area (Å²) in [7, 11) is -3.47. The zero-order chi connectivity index (χ0) is 27.3. The number of fused-ring (bicyclic) bond motifs is 3. The molecule has 1 unspecified atom stereocenters. The van der Waals surface area contributed by atoms with Gasteiger partial charge in [-0.2, -0.15) is 18.6 Å². The SMILES string of the molecule is CC(F)c1nn(C2CCC(COS(C)(=O)=O)CC2)cc1NC(=O)c1cnn2ccc(N3C[C@H]4C[C@@H]3CO4)nc12. The Hall–Kier alpha value is -3.10. The molecule has 1 amide bonds. The number of anilines is 2. The van der Waals surface area contributed by atoms with Crippen molar-refractivity contribution in [2.24, 2.45) is 5.92 Å². The van der Waals surface area contributed by atoms with Gasteiger partial charge in [0.1, 0.15) is 23.2 Å². The number of alkyl halides is 1. The van der Waals surface area contributed by atoms with E-state index in [-0.39, 0.29) is 42.0 Å². The van der Waals surface area contributed by atoms with Gasteiger partial charge in [-0.05, 0) is 51.0 Å². The number of carbonyl (C=O) groups excluding carboxylic acids is 1. The maximum absolute atomic E-state index is 14.5. The first kappa shape index (κ1) is 26.1. The monoisotopic (exact) mass is 561 g/mol. The smallest absolute Gasteiger partial charge is 0.264 e. The lowest BCUT2D eigenvalue weighted by Crippen LogP contribution is -2.37. The minimum absolute atomic E-state index is 0.0172. The van der Waals surface area contributed by atoms with Crippen LogP contribution in [0.5, 0.6) is 0 Å². The Morgan fingerprint density at radius 1 is 1.28 bits per heavy atom. The Morgan fingerprint density at radius 2 is 2.08 bits per heavy atom. The highest BCUT2D eigenvalue weighted by molar-refractivity contribution is 7.85. The van der Waals surface area contributed by atoms with Gasteiger partial charge in [0.2, 0.25) is 0 Å². The van der Waals surface area contributed by atoms with Crippen LogP contribution in [0.2, 0.25) is 0 Å². The third kappa shape index (κ3) is 5.37. The average molecular weight is 562 g/mol. The summed E-state index contributed by atoms with van der Waals surface area (Å²) in [4.78, 5) is 20.3. The van der Waals surface area contributed by atoms with Crippen LogP contribution < -0.4 is 10.2 Å². The highest BCUT2D eigenvalue weighted by Gasteiger charge is 2.39. The van der Waals surface area contributed by atoms with Crippen molar-refractivity contribution in [1.82, 2.24) is 24.4 Å². The average Bonchev–Trinajstić information content (AvgIpc) is 3.70. The van der Waals surface area contributed by atoms with E-state index >= 15 is 0 Å². The molecule has 14 heteroatoms. The lowest BCUT2D eigenvalue weighted by molar-refractivity contribution is 0.0988. The minimum Gasteiger partial charge on any atom is -0.374 e. The van der Waals surface area contributed by atoms with Crippen LogP contribution >= 0.6 is 0 Å². The fraction of sp³-hybridized carbons (Fsp3) is 0.600. The van der Waals surface area contributed by atoms with Crippen molar-refractivity contribution in [1.29, 1.82) is 0 Å². The normalized spacial score (nSPS) is 25.9. The quantitative estimate of drug-likeness (QED) is 0.412. The summed E-state index contributed by atoms with van der Waals surface area (Å²) in [6.45, 7) is 3.00. The second kappa shape index (κ2) is 10.1. The molecule has 2 aliphatic heterocycles. The number of aromatic nitrogens is 5. The van der Waals surface area contributed by atoms with Gasteiger partial charge >= 0.3 is 0 Å².